The topological polar surface area (TPSA) is 29.1 Å². The van der Waals surface area contributed by atoms with Crippen molar-refractivity contribution in [2.75, 3.05) is 0 Å². The quantitative estimate of drug-likeness (QED) is 0.652. The summed E-state index contributed by atoms with van der Waals surface area (Å²) in [6.07, 6.45) is 2.00. The van der Waals surface area contributed by atoms with E-state index in [1.165, 1.54) is 27.8 Å². The van der Waals surface area contributed by atoms with E-state index in [1.54, 1.807) is 0 Å². The van der Waals surface area contributed by atoms with Crippen molar-refractivity contribution in [3.8, 4) is 0 Å². The van der Waals surface area contributed by atoms with Crippen LogP contribution >= 0.6 is 0 Å². The van der Waals surface area contributed by atoms with Gasteiger partial charge in [0.15, 0.2) is 0 Å². The molecule has 0 saturated carbocycles. The fourth-order valence-corrected chi connectivity index (χ4v) is 4.73. The molecule has 0 aromatic heterocycles. The Kier molecular flexibility index (Phi) is 4.12. The highest BCUT2D eigenvalue weighted by molar-refractivity contribution is 5.97. The zero-order chi connectivity index (χ0) is 19.1. The Morgan fingerprint density at radius 2 is 1.43 bits per heavy atom. The number of fused-ring (bicyclic) bond motifs is 2. The third-order valence-corrected chi connectivity index (χ3v) is 6.11. The lowest BCUT2D eigenvalue weighted by molar-refractivity contribution is -0.122. The highest BCUT2D eigenvalue weighted by Crippen LogP contribution is 2.48. The fourth-order valence-electron chi connectivity index (χ4n) is 4.73. The van der Waals surface area contributed by atoms with Gasteiger partial charge in [0, 0.05) is 17.2 Å². The zero-order valence-corrected chi connectivity index (χ0v) is 16.0. The van der Waals surface area contributed by atoms with Crippen LogP contribution in [-0.2, 0) is 11.2 Å². The molecule has 1 N–H and O–H groups in total. The Morgan fingerprint density at radius 1 is 0.750 bits per heavy atom. The summed E-state index contributed by atoms with van der Waals surface area (Å²) in [6, 6.07) is 27.4. The lowest BCUT2D eigenvalue weighted by Gasteiger charge is -2.38. The van der Waals surface area contributed by atoms with Gasteiger partial charge in [-0.3, -0.25) is 4.79 Å². The number of carbonyl (C=O) groups is 1. The van der Waals surface area contributed by atoms with Crippen LogP contribution in [0.2, 0.25) is 0 Å². The number of amides is 1. The van der Waals surface area contributed by atoms with Crippen LogP contribution in [0, 0.1) is 6.92 Å². The molecule has 0 fully saturated rings. The van der Waals surface area contributed by atoms with Crippen LogP contribution < -0.4 is 5.32 Å². The molecule has 2 nitrogen and oxygen atoms in total. The minimum Gasteiger partial charge on any atom is -0.325 e. The van der Waals surface area contributed by atoms with Crippen LogP contribution in [-0.4, -0.2) is 5.91 Å². The van der Waals surface area contributed by atoms with E-state index in [2.05, 4.69) is 72.9 Å². The number of rotatable bonds is 2. The average molecular weight is 365 g/mol. The zero-order valence-electron chi connectivity index (χ0n) is 16.0. The number of allylic oxidation sites excluding steroid dienone is 1. The van der Waals surface area contributed by atoms with Crippen molar-refractivity contribution in [2.24, 2.45) is 0 Å². The van der Waals surface area contributed by atoms with Gasteiger partial charge in [-0.1, -0.05) is 84.4 Å². The maximum atomic E-state index is 13.4. The van der Waals surface area contributed by atoms with Crippen LogP contribution in [0.1, 0.15) is 46.1 Å². The molecule has 1 heterocycles. The molecule has 2 aliphatic rings. The standard InChI is InChI=1S/C26H23NO/c1-17-11-13-20(14-12-17)23-22-16-15-18-7-5-6-10-21(18)25(22)27-26(28)24(23)19-8-3-2-4-9-19/h2-14,23-24H,15-16H2,1H3,(H,27,28). The SMILES string of the molecule is Cc1ccc(C2C3=C(NC(=O)C2c2ccccc2)c2ccccc2CC3)cc1. The van der Waals surface area contributed by atoms with Crippen molar-refractivity contribution in [2.45, 2.75) is 31.6 Å². The van der Waals surface area contributed by atoms with Gasteiger partial charge in [0.25, 0.3) is 0 Å². The van der Waals surface area contributed by atoms with E-state index in [0.717, 1.165) is 24.1 Å². The molecule has 5 rings (SSSR count). The van der Waals surface area contributed by atoms with E-state index in [4.69, 9.17) is 0 Å². The maximum Gasteiger partial charge on any atom is 0.232 e. The van der Waals surface area contributed by atoms with E-state index < -0.39 is 0 Å². The Hall–Kier alpha value is -3.13. The van der Waals surface area contributed by atoms with Gasteiger partial charge >= 0.3 is 0 Å². The Balaban J connectivity index is 1.72. The summed E-state index contributed by atoms with van der Waals surface area (Å²) >= 11 is 0. The van der Waals surface area contributed by atoms with Crippen LogP contribution in [0.15, 0.2) is 84.4 Å². The molecular weight excluding hydrogens is 342 g/mol. The number of benzene rings is 3. The van der Waals surface area contributed by atoms with Crippen LogP contribution in [0.4, 0.5) is 0 Å². The van der Waals surface area contributed by atoms with Crippen molar-refractivity contribution in [1.29, 1.82) is 0 Å². The van der Waals surface area contributed by atoms with E-state index >= 15 is 0 Å². The van der Waals surface area contributed by atoms with Crippen molar-refractivity contribution >= 4 is 11.6 Å². The predicted molar refractivity (Wildman–Crippen MR) is 113 cm³/mol. The summed E-state index contributed by atoms with van der Waals surface area (Å²) in [7, 11) is 0. The first-order chi connectivity index (χ1) is 13.7. The Labute approximate surface area is 165 Å². The second kappa shape index (κ2) is 6.79. The smallest absolute Gasteiger partial charge is 0.232 e. The van der Waals surface area contributed by atoms with Gasteiger partial charge in [-0.05, 0) is 42.0 Å². The predicted octanol–water partition coefficient (Wildman–Crippen LogP) is 5.35. The minimum atomic E-state index is -0.201. The molecule has 1 aliphatic carbocycles. The number of carbonyl (C=O) groups excluding carboxylic acids is 1. The monoisotopic (exact) mass is 365 g/mol. The third kappa shape index (κ3) is 2.77. The van der Waals surface area contributed by atoms with Crippen LogP contribution in [0.5, 0.6) is 0 Å². The van der Waals surface area contributed by atoms with E-state index in [9.17, 15) is 4.79 Å². The summed E-state index contributed by atoms with van der Waals surface area (Å²) in [5.74, 6) is -0.0414. The van der Waals surface area contributed by atoms with Crippen molar-refractivity contribution in [3.05, 3.63) is 112 Å². The molecule has 3 aromatic rings. The third-order valence-electron chi connectivity index (χ3n) is 6.11. The summed E-state index contributed by atoms with van der Waals surface area (Å²) in [4.78, 5) is 13.4. The van der Waals surface area contributed by atoms with Gasteiger partial charge in [-0.25, -0.2) is 0 Å². The molecule has 28 heavy (non-hydrogen) atoms. The second-order valence-corrected chi connectivity index (χ2v) is 7.82. The van der Waals surface area contributed by atoms with Gasteiger partial charge in [0.1, 0.15) is 0 Å². The fraction of sp³-hybridized carbons (Fsp3) is 0.192. The lowest BCUT2D eigenvalue weighted by atomic mass is 9.69. The van der Waals surface area contributed by atoms with E-state index in [0.29, 0.717) is 0 Å². The van der Waals surface area contributed by atoms with Gasteiger partial charge in [0.05, 0.1) is 5.92 Å². The van der Waals surface area contributed by atoms with Gasteiger partial charge in [-0.15, -0.1) is 0 Å². The van der Waals surface area contributed by atoms with Gasteiger partial charge in [-0.2, -0.15) is 0 Å². The van der Waals surface area contributed by atoms with Crippen LogP contribution in [0.3, 0.4) is 0 Å². The molecule has 3 aromatic carbocycles. The largest absolute Gasteiger partial charge is 0.325 e. The van der Waals surface area contributed by atoms with E-state index in [-0.39, 0.29) is 17.7 Å². The van der Waals surface area contributed by atoms with Crippen LogP contribution in [0.25, 0.3) is 5.70 Å². The average Bonchev–Trinajstić information content (AvgIpc) is 2.74. The minimum absolute atomic E-state index is 0.0695. The normalized spacial score (nSPS) is 21.0. The summed E-state index contributed by atoms with van der Waals surface area (Å²) < 4.78 is 0. The van der Waals surface area contributed by atoms with Crippen molar-refractivity contribution in [3.63, 3.8) is 0 Å². The molecule has 2 atom stereocenters. The summed E-state index contributed by atoms with van der Waals surface area (Å²) in [5, 5.41) is 3.27. The molecule has 0 saturated heterocycles. The first kappa shape index (κ1) is 17.0. The van der Waals surface area contributed by atoms with Gasteiger partial charge < -0.3 is 5.32 Å². The lowest BCUT2D eigenvalue weighted by Crippen LogP contribution is -2.39. The van der Waals surface area contributed by atoms with E-state index in [1.807, 2.05) is 18.2 Å². The second-order valence-electron chi connectivity index (χ2n) is 7.82. The summed E-state index contributed by atoms with van der Waals surface area (Å²) in [5.41, 5.74) is 8.43. The highest BCUT2D eigenvalue weighted by atomic mass is 16.2. The highest BCUT2D eigenvalue weighted by Gasteiger charge is 2.40. The molecule has 138 valence electrons. The first-order valence-electron chi connectivity index (χ1n) is 9.96. The molecule has 2 unspecified atom stereocenters. The number of hydrogen-bond acceptors (Lipinski definition) is 1. The molecule has 2 heteroatoms. The van der Waals surface area contributed by atoms with Crippen molar-refractivity contribution < 1.29 is 4.79 Å². The molecule has 0 bridgehead atoms. The van der Waals surface area contributed by atoms with Crippen molar-refractivity contribution in [1.82, 2.24) is 5.32 Å². The summed E-state index contributed by atoms with van der Waals surface area (Å²) in [6.45, 7) is 2.10. The number of aryl methyl sites for hydroxylation is 2. The molecular formula is C26H23NO. The number of hydrogen-bond donors (Lipinski definition) is 1. The van der Waals surface area contributed by atoms with Gasteiger partial charge in [0.2, 0.25) is 5.91 Å². The molecule has 0 radical (unpaired) electrons. The Bertz CT molecular complexity index is 1060. The number of nitrogens with one attached hydrogen (secondary N) is 1. The molecule has 0 spiro atoms. The maximum absolute atomic E-state index is 13.4. The molecule has 1 amide bonds. The Morgan fingerprint density at radius 3 is 2.21 bits per heavy atom. The molecule has 1 aliphatic heterocycles. The first-order valence-corrected chi connectivity index (χ1v) is 9.96.